The maximum absolute atomic E-state index is 12.0. The first-order chi connectivity index (χ1) is 8.43. The third-order valence-electron chi connectivity index (χ3n) is 3.37. The van der Waals surface area contributed by atoms with E-state index in [2.05, 4.69) is 0 Å². The lowest BCUT2D eigenvalue weighted by molar-refractivity contribution is 0.505. The molecule has 18 heavy (non-hydrogen) atoms. The molecule has 1 aliphatic heterocycles. The molecule has 1 heterocycles. The molecule has 0 bridgehead atoms. The third kappa shape index (κ3) is 2.67. The van der Waals surface area contributed by atoms with Gasteiger partial charge in [0.2, 0.25) is 0 Å². The van der Waals surface area contributed by atoms with Crippen molar-refractivity contribution in [3.63, 3.8) is 0 Å². The second kappa shape index (κ2) is 5.37. The van der Waals surface area contributed by atoms with Crippen molar-refractivity contribution < 1.29 is 8.42 Å². The lowest BCUT2D eigenvalue weighted by Crippen LogP contribution is -2.38. The van der Waals surface area contributed by atoms with Crippen LogP contribution < -0.4 is 5.73 Å². The van der Waals surface area contributed by atoms with E-state index in [1.807, 2.05) is 0 Å². The number of rotatable bonds is 2. The van der Waals surface area contributed by atoms with Gasteiger partial charge in [-0.15, -0.1) is 0 Å². The number of hydrogen-bond acceptors (Lipinski definition) is 3. The largest absolute Gasteiger partial charge is 0.323 e. The lowest BCUT2D eigenvalue weighted by atomic mass is 10.0. The van der Waals surface area contributed by atoms with Crippen LogP contribution in [-0.2, 0) is 9.84 Å². The molecule has 2 unspecified atom stereocenters. The zero-order chi connectivity index (χ0) is 13.3. The fraction of sp³-hybridized carbons (Fsp3) is 0.500. The van der Waals surface area contributed by atoms with Crippen molar-refractivity contribution in [1.82, 2.24) is 0 Å². The monoisotopic (exact) mass is 307 g/mol. The van der Waals surface area contributed by atoms with Gasteiger partial charge in [0.05, 0.1) is 21.0 Å². The van der Waals surface area contributed by atoms with Crippen molar-refractivity contribution in [3.8, 4) is 0 Å². The number of benzene rings is 1. The lowest BCUT2D eigenvalue weighted by Gasteiger charge is -2.28. The Morgan fingerprint density at radius 1 is 1.28 bits per heavy atom. The zero-order valence-electron chi connectivity index (χ0n) is 9.77. The molecule has 0 spiro atoms. The second-order valence-electron chi connectivity index (χ2n) is 4.57. The van der Waals surface area contributed by atoms with Crippen LogP contribution in [-0.4, -0.2) is 19.4 Å². The summed E-state index contributed by atoms with van der Waals surface area (Å²) in [6, 6.07) is 4.53. The minimum Gasteiger partial charge on any atom is -0.323 e. The molecule has 2 N–H and O–H groups in total. The van der Waals surface area contributed by atoms with Gasteiger partial charge in [0.1, 0.15) is 0 Å². The fourth-order valence-electron chi connectivity index (χ4n) is 2.36. The number of sulfone groups is 1. The topological polar surface area (TPSA) is 60.2 Å². The molecular formula is C12H15Cl2NO2S. The highest BCUT2D eigenvalue weighted by Gasteiger charge is 2.35. The second-order valence-corrected chi connectivity index (χ2v) is 7.69. The predicted molar refractivity (Wildman–Crippen MR) is 74.8 cm³/mol. The van der Waals surface area contributed by atoms with E-state index in [0.29, 0.717) is 22.0 Å². The Bertz CT molecular complexity index is 545. The number of halogens is 2. The Labute approximate surface area is 117 Å². The molecule has 0 aliphatic carbocycles. The fourth-order valence-corrected chi connectivity index (χ4v) is 4.82. The van der Waals surface area contributed by atoms with Crippen molar-refractivity contribution in [1.29, 1.82) is 0 Å². The molecule has 1 aromatic rings. The van der Waals surface area contributed by atoms with E-state index in [1.165, 1.54) is 0 Å². The van der Waals surface area contributed by atoms with Gasteiger partial charge < -0.3 is 5.73 Å². The highest BCUT2D eigenvalue weighted by Crippen LogP contribution is 2.35. The van der Waals surface area contributed by atoms with Crippen molar-refractivity contribution >= 4 is 33.0 Å². The first-order valence-electron chi connectivity index (χ1n) is 5.84. The summed E-state index contributed by atoms with van der Waals surface area (Å²) in [6.45, 7) is 0. The van der Waals surface area contributed by atoms with Crippen LogP contribution in [0.5, 0.6) is 0 Å². The van der Waals surface area contributed by atoms with Crippen LogP contribution >= 0.6 is 23.2 Å². The summed E-state index contributed by atoms with van der Waals surface area (Å²) < 4.78 is 24.1. The smallest absolute Gasteiger partial charge is 0.155 e. The molecule has 0 radical (unpaired) electrons. The van der Waals surface area contributed by atoms with E-state index < -0.39 is 21.1 Å². The van der Waals surface area contributed by atoms with Crippen LogP contribution in [0, 0.1) is 0 Å². The summed E-state index contributed by atoms with van der Waals surface area (Å²) >= 11 is 12.0. The van der Waals surface area contributed by atoms with Gasteiger partial charge in [-0.1, -0.05) is 41.8 Å². The summed E-state index contributed by atoms with van der Waals surface area (Å²) in [5.41, 5.74) is 6.70. The van der Waals surface area contributed by atoms with Gasteiger partial charge in [-0.3, -0.25) is 0 Å². The van der Waals surface area contributed by atoms with Crippen molar-refractivity contribution in [3.05, 3.63) is 33.8 Å². The summed E-state index contributed by atoms with van der Waals surface area (Å²) in [4.78, 5) is 0. The summed E-state index contributed by atoms with van der Waals surface area (Å²) in [7, 11) is -3.13. The van der Waals surface area contributed by atoms with Crippen LogP contribution in [0.3, 0.4) is 0 Å². The van der Waals surface area contributed by atoms with E-state index in [-0.39, 0.29) is 5.75 Å². The Balaban J connectivity index is 2.36. The van der Waals surface area contributed by atoms with E-state index in [1.54, 1.807) is 18.2 Å². The molecule has 1 aliphatic rings. The Morgan fingerprint density at radius 3 is 2.67 bits per heavy atom. The van der Waals surface area contributed by atoms with Gasteiger partial charge in [-0.25, -0.2) is 8.42 Å². The maximum Gasteiger partial charge on any atom is 0.155 e. The maximum atomic E-state index is 12.0. The summed E-state index contributed by atoms with van der Waals surface area (Å²) in [6.07, 6.45) is 2.19. The summed E-state index contributed by atoms with van der Waals surface area (Å²) in [5.74, 6) is 0.212. The molecule has 0 saturated carbocycles. The quantitative estimate of drug-likeness (QED) is 0.913. The Hall–Kier alpha value is -0.290. The molecular weight excluding hydrogens is 293 g/mol. The van der Waals surface area contributed by atoms with Crippen LogP contribution in [0.4, 0.5) is 0 Å². The van der Waals surface area contributed by atoms with E-state index in [0.717, 1.165) is 12.8 Å². The minimum atomic E-state index is -3.13. The first-order valence-corrected chi connectivity index (χ1v) is 8.31. The number of nitrogens with two attached hydrogens (primary N) is 1. The third-order valence-corrected chi connectivity index (χ3v) is 6.51. The molecule has 1 fully saturated rings. The van der Waals surface area contributed by atoms with E-state index in [4.69, 9.17) is 28.9 Å². The minimum absolute atomic E-state index is 0.212. The van der Waals surface area contributed by atoms with Gasteiger partial charge in [0.25, 0.3) is 0 Å². The predicted octanol–water partition coefficient (Wildman–Crippen LogP) is 2.96. The Morgan fingerprint density at radius 2 is 2.00 bits per heavy atom. The van der Waals surface area contributed by atoms with Gasteiger partial charge in [-0.05, 0) is 24.5 Å². The van der Waals surface area contributed by atoms with Gasteiger partial charge in [0, 0.05) is 6.04 Å². The molecule has 1 aromatic carbocycles. The highest BCUT2D eigenvalue weighted by molar-refractivity contribution is 7.92. The number of hydrogen-bond donors (Lipinski definition) is 1. The van der Waals surface area contributed by atoms with Gasteiger partial charge in [0.15, 0.2) is 9.84 Å². The standard InChI is InChI=1S/C12H15Cl2NO2S/c13-9-5-3-4-8(11(9)14)12(15)10-6-1-2-7-18(10,16)17/h3-5,10,12H,1-2,6-7,15H2. The summed E-state index contributed by atoms with van der Waals surface area (Å²) in [5, 5.41) is 0.201. The van der Waals surface area contributed by atoms with E-state index >= 15 is 0 Å². The van der Waals surface area contributed by atoms with Crippen LogP contribution in [0.1, 0.15) is 30.9 Å². The molecule has 0 aromatic heterocycles. The van der Waals surface area contributed by atoms with Crippen LogP contribution in [0.15, 0.2) is 18.2 Å². The molecule has 2 atom stereocenters. The Kier molecular flexibility index (Phi) is 4.22. The zero-order valence-corrected chi connectivity index (χ0v) is 12.1. The van der Waals surface area contributed by atoms with Gasteiger partial charge in [-0.2, -0.15) is 0 Å². The van der Waals surface area contributed by atoms with Crippen molar-refractivity contribution in [2.45, 2.75) is 30.6 Å². The molecule has 0 amide bonds. The molecule has 1 saturated heterocycles. The average Bonchev–Trinajstić information content (AvgIpc) is 2.31. The average molecular weight is 308 g/mol. The molecule has 3 nitrogen and oxygen atoms in total. The van der Waals surface area contributed by atoms with E-state index in [9.17, 15) is 8.42 Å². The van der Waals surface area contributed by atoms with Crippen LogP contribution in [0.25, 0.3) is 0 Å². The first kappa shape index (κ1) is 14.1. The van der Waals surface area contributed by atoms with Crippen molar-refractivity contribution in [2.24, 2.45) is 5.73 Å². The molecule has 100 valence electrons. The SMILES string of the molecule is NC(c1cccc(Cl)c1Cl)C1CCCCS1(=O)=O. The normalized spacial score (nSPS) is 24.7. The molecule has 6 heteroatoms. The van der Waals surface area contributed by atoms with Crippen LogP contribution in [0.2, 0.25) is 10.0 Å². The van der Waals surface area contributed by atoms with Gasteiger partial charge >= 0.3 is 0 Å². The molecule has 2 rings (SSSR count). The van der Waals surface area contributed by atoms with Crippen molar-refractivity contribution in [2.75, 3.05) is 5.75 Å². The highest BCUT2D eigenvalue weighted by atomic mass is 35.5.